The van der Waals surface area contributed by atoms with Gasteiger partial charge in [0.05, 0.1) is 17.4 Å². The lowest BCUT2D eigenvalue weighted by molar-refractivity contribution is 0.539. The minimum Gasteiger partial charge on any atom is -0.271 e. The zero-order chi connectivity index (χ0) is 14.5. The Hall–Kier alpha value is -1.85. The summed E-state index contributed by atoms with van der Waals surface area (Å²) in [5.41, 5.74) is 6.47. The van der Waals surface area contributed by atoms with Crippen molar-refractivity contribution in [3.05, 3.63) is 58.7 Å². The van der Waals surface area contributed by atoms with Crippen LogP contribution in [-0.2, 0) is 12.8 Å². The summed E-state index contributed by atoms with van der Waals surface area (Å²) in [7, 11) is 0. The number of hydrazine groups is 1. The Morgan fingerprint density at radius 1 is 1.30 bits per heavy atom. The number of nitrogens with one attached hydrogen (secondary N) is 1. The Morgan fingerprint density at radius 2 is 2.10 bits per heavy atom. The first-order valence-corrected chi connectivity index (χ1v) is 6.67. The first-order chi connectivity index (χ1) is 9.63. The molecule has 0 radical (unpaired) electrons. The smallest absolute Gasteiger partial charge is 0.123 e. The fraction of sp³-hybridized carbons (Fsp3) is 0.333. The molecule has 1 heterocycles. The van der Waals surface area contributed by atoms with E-state index in [1.807, 2.05) is 26.0 Å². The molecule has 20 heavy (non-hydrogen) atoms. The molecule has 1 unspecified atom stereocenters. The Morgan fingerprint density at radius 3 is 2.75 bits per heavy atom. The standard InChI is InChI=1S/C15H19FN4/c1-3-14-13(7-10(2)19-20-14)15(18-17)9-11-5-4-6-12(16)8-11/h4-8,15,18H,3,9,17H2,1-2H3. The molecule has 3 N–H and O–H groups in total. The third-order valence-corrected chi connectivity index (χ3v) is 3.27. The van der Waals surface area contributed by atoms with E-state index in [-0.39, 0.29) is 11.9 Å². The van der Waals surface area contributed by atoms with Crippen molar-refractivity contribution in [3.63, 3.8) is 0 Å². The summed E-state index contributed by atoms with van der Waals surface area (Å²) in [5.74, 6) is 5.43. The van der Waals surface area contributed by atoms with Crippen molar-refractivity contribution in [2.24, 2.45) is 5.84 Å². The van der Waals surface area contributed by atoms with E-state index in [2.05, 4.69) is 15.6 Å². The van der Waals surface area contributed by atoms with Crippen LogP contribution in [0.5, 0.6) is 0 Å². The molecule has 1 aromatic heterocycles. The maximum absolute atomic E-state index is 13.3. The molecule has 2 rings (SSSR count). The van der Waals surface area contributed by atoms with Gasteiger partial charge in [0.1, 0.15) is 5.82 Å². The molecule has 5 heteroatoms. The van der Waals surface area contributed by atoms with Crippen LogP contribution in [0, 0.1) is 12.7 Å². The number of benzene rings is 1. The summed E-state index contributed by atoms with van der Waals surface area (Å²) in [6.07, 6.45) is 1.39. The number of nitrogens with zero attached hydrogens (tertiary/aromatic N) is 2. The van der Waals surface area contributed by atoms with Gasteiger partial charge in [0.15, 0.2) is 0 Å². The monoisotopic (exact) mass is 274 g/mol. The second-order valence-electron chi connectivity index (χ2n) is 4.79. The molecule has 0 saturated carbocycles. The van der Waals surface area contributed by atoms with Crippen LogP contribution in [0.4, 0.5) is 4.39 Å². The number of nitrogens with two attached hydrogens (primary N) is 1. The molecule has 4 nitrogen and oxygen atoms in total. The van der Waals surface area contributed by atoms with E-state index in [9.17, 15) is 4.39 Å². The second-order valence-corrected chi connectivity index (χ2v) is 4.79. The number of rotatable bonds is 5. The summed E-state index contributed by atoms with van der Waals surface area (Å²) in [5, 5.41) is 8.27. The predicted molar refractivity (Wildman–Crippen MR) is 76.3 cm³/mol. The van der Waals surface area contributed by atoms with Crippen LogP contribution in [0.15, 0.2) is 30.3 Å². The molecular formula is C15H19FN4. The van der Waals surface area contributed by atoms with Gasteiger partial charge in [-0.25, -0.2) is 4.39 Å². The van der Waals surface area contributed by atoms with Gasteiger partial charge in [-0.1, -0.05) is 19.1 Å². The number of hydrogen-bond donors (Lipinski definition) is 2. The number of aromatic nitrogens is 2. The van der Waals surface area contributed by atoms with Crippen molar-refractivity contribution < 1.29 is 4.39 Å². The summed E-state index contributed by atoms with van der Waals surface area (Å²) >= 11 is 0. The van der Waals surface area contributed by atoms with E-state index in [1.165, 1.54) is 12.1 Å². The van der Waals surface area contributed by atoms with Crippen LogP contribution >= 0.6 is 0 Å². The Kier molecular flexibility index (Phi) is 4.76. The van der Waals surface area contributed by atoms with E-state index < -0.39 is 0 Å². The van der Waals surface area contributed by atoms with Crippen LogP contribution in [0.3, 0.4) is 0 Å². The van der Waals surface area contributed by atoms with E-state index in [1.54, 1.807) is 6.07 Å². The van der Waals surface area contributed by atoms with Crippen molar-refractivity contribution in [2.45, 2.75) is 32.7 Å². The van der Waals surface area contributed by atoms with Gasteiger partial charge in [0.2, 0.25) is 0 Å². The summed E-state index contributed by atoms with van der Waals surface area (Å²) in [4.78, 5) is 0. The Balaban J connectivity index is 2.30. The molecule has 0 amide bonds. The highest BCUT2D eigenvalue weighted by atomic mass is 19.1. The minimum atomic E-state index is -0.238. The zero-order valence-electron chi connectivity index (χ0n) is 11.7. The quantitative estimate of drug-likeness (QED) is 0.648. The molecule has 0 aliphatic heterocycles. The molecule has 1 atom stereocenters. The highest BCUT2D eigenvalue weighted by Crippen LogP contribution is 2.21. The lowest BCUT2D eigenvalue weighted by atomic mass is 9.97. The van der Waals surface area contributed by atoms with Crippen LogP contribution < -0.4 is 11.3 Å². The largest absolute Gasteiger partial charge is 0.271 e. The highest BCUT2D eigenvalue weighted by Gasteiger charge is 2.16. The van der Waals surface area contributed by atoms with E-state index >= 15 is 0 Å². The molecule has 2 aromatic rings. The van der Waals surface area contributed by atoms with Crippen molar-refractivity contribution in [2.75, 3.05) is 0 Å². The predicted octanol–water partition coefficient (Wildman–Crippen LogP) is 2.23. The Bertz CT molecular complexity index is 586. The topological polar surface area (TPSA) is 63.8 Å². The second kappa shape index (κ2) is 6.54. The van der Waals surface area contributed by atoms with Gasteiger partial charge in [-0.15, -0.1) is 0 Å². The van der Waals surface area contributed by atoms with E-state index in [0.29, 0.717) is 6.42 Å². The molecule has 0 saturated heterocycles. The fourth-order valence-corrected chi connectivity index (χ4v) is 2.27. The summed E-state index contributed by atoms with van der Waals surface area (Å²) in [6.45, 7) is 3.92. The zero-order valence-corrected chi connectivity index (χ0v) is 11.7. The first kappa shape index (κ1) is 14.6. The molecule has 0 spiro atoms. The number of aryl methyl sites for hydroxylation is 2. The average molecular weight is 274 g/mol. The van der Waals surface area contributed by atoms with Gasteiger partial charge in [-0.05, 0) is 49.1 Å². The fourth-order valence-electron chi connectivity index (χ4n) is 2.27. The molecule has 0 fully saturated rings. The molecular weight excluding hydrogens is 255 g/mol. The van der Waals surface area contributed by atoms with Gasteiger partial charge in [0, 0.05) is 0 Å². The highest BCUT2D eigenvalue weighted by molar-refractivity contribution is 5.28. The van der Waals surface area contributed by atoms with Gasteiger partial charge in [-0.2, -0.15) is 10.2 Å². The van der Waals surface area contributed by atoms with Crippen LogP contribution in [0.1, 0.15) is 35.5 Å². The molecule has 106 valence electrons. The van der Waals surface area contributed by atoms with Crippen molar-refractivity contribution in [1.29, 1.82) is 0 Å². The SMILES string of the molecule is CCc1nnc(C)cc1C(Cc1cccc(F)c1)NN. The van der Waals surface area contributed by atoms with Gasteiger partial charge >= 0.3 is 0 Å². The normalized spacial score (nSPS) is 12.4. The van der Waals surface area contributed by atoms with Crippen molar-refractivity contribution >= 4 is 0 Å². The van der Waals surface area contributed by atoms with Gasteiger partial charge in [0.25, 0.3) is 0 Å². The third-order valence-electron chi connectivity index (χ3n) is 3.27. The van der Waals surface area contributed by atoms with Gasteiger partial charge < -0.3 is 0 Å². The molecule has 0 aliphatic rings. The molecule has 1 aromatic carbocycles. The summed E-state index contributed by atoms with van der Waals surface area (Å²) in [6, 6.07) is 8.42. The molecule has 0 aliphatic carbocycles. The maximum Gasteiger partial charge on any atom is 0.123 e. The van der Waals surface area contributed by atoms with Crippen LogP contribution in [0.25, 0.3) is 0 Å². The van der Waals surface area contributed by atoms with Crippen LogP contribution in [0.2, 0.25) is 0 Å². The first-order valence-electron chi connectivity index (χ1n) is 6.67. The number of hydrogen-bond acceptors (Lipinski definition) is 4. The number of halogens is 1. The summed E-state index contributed by atoms with van der Waals surface area (Å²) < 4.78 is 13.3. The lowest BCUT2D eigenvalue weighted by Gasteiger charge is -2.19. The average Bonchev–Trinajstić information content (AvgIpc) is 2.45. The maximum atomic E-state index is 13.3. The molecule has 0 bridgehead atoms. The third kappa shape index (κ3) is 3.37. The Labute approximate surface area is 118 Å². The van der Waals surface area contributed by atoms with E-state index in [4.69, 9.17) is 5.84 Å². The van der Waals surface area contributed by atoms with Crippen molar-refractivity contribution in [3.8, 4) is 0 Å². The minimum absolute atomic E-state index is 0.110. The van der Waals surface area contributed by atoms with Gasteiger partial charge in [-0.3, -0.25) is 11.3 Å². The van der Waals surface area contributed by atoms with Crippen LogP contribution in [-0.4, -0.2) is 10.2 Å². The lowest BCUT2D eigenvalue weighted by Crippen LogP contribution is -2.30. The van der Waals surface area contributed by atoms with Crippen molar-refractivity contribution in [1.82, 2.24) is 15.6 Å². The van der Waals surface area contributed by atoms with E-state index in [0.717, 1.165) is 28.9 Å².